The predicted octanol–water partition coefficient (Wildman–Crippen LogP) is 4.32. The Hall–Kier alpha value is -2.22. The van der Waals surface area contributed by atoms with Gasteiger partial charge in [-0.15, -0.1) is 0 Å². The number of nitrogens with one attached hydrogen (secondary N) is 1. The normalized spacial score (nSPS) is 21.7. The van der Waals surface area contributed by atoms with Crippen LogP contribution < -0.4 is 5.56 Å². The van der Waals surface area contributed by atoms with E-state index in [1.165, 1.54) is 6.42 Å². The third kappa shape index (κ3) is 6.00. The van der Waals surface area contributed by atoms with E-state index < -0.39 is 0 Å². The smallest absolute Gasteiger partial charge is 0.253 e. The van der Waals surface area contributed by atoms with Crippen molar-refractivity contribution < 1.29 is 9.53 Å². The van der Waals surface area contributed by atoms with Crippen molar-refractivity contribution in [1.82, 2.24) is 19.7 Å². The van der Waals surface area contributed by atoms with Crippen molar-refractivity contribution in [3.63, 3.8) is 0 Å². The third-order valence-corrected chi connectivity index (χ3v) is 9.33. The molecule has 0 atom stereocenters. The molecule has 2 aromatic rings. The second-order valence-corrected chi connectivity index (χ2v) is 12.2. The summed E-state index contributed by atoms with van der Waals surface area (Å²) in [4.78, 5) is 37.6. The number of nitrogens with zero attached hydrogens (tertiary/aromatic N) is 3. The van der Waals surface area contributed by atoms with Gasteiger partial charge in [0.05, 0.1) is 6.54 Å². The van der Waals surface area contributed by atoms with Crippen molar-refractivity contribution in [2.45, 2.75) is 83.8 Å². The highest BCUT2D eigenvalue weighted by molar-refractivity contribution is 5.81. The van der Waals surface area contributed by atoms with Crippen LogP contribution in [-0.4, -0.2) is 83.1 Å². The Balaban J connectivity index is 1.45. The van der Waals surface area contributed by atoms with Gasteiger partial charge >= 0.3 is 0 Å². The van der Waals surface area contributed by atoms with E-state index in [0.717, 1.165) is 94.4 Å². The van der Waals surface area contributed by atoms with Gasteiger partial charge in [0.15, 0.2) is 0 Å². The van der Waals surface area contributed by atoms with Gasteiger partial charge in [-0.05, 0) is 70.0 Å². The first-order valence-corrected chi connectivity index (χ1v) is 14.8. The van der Waals surface area contributed by atoms with Crippen LogP contribution in [0.2, 0.25) is 0 Å². The quantitative estimate of drug-likeness (QED) is 0.587. The Morgan fingerprint density at radius 1 is 1.08 bits per heavy atom. The van der Waals surface area contributed by atoms with Gasteiger partial charge in [-0.25, -0.2) is 0 Å². The number of aryl methyl sites for hydroxylation is 1. The number of benzene rings is 1. The molecule has 2 saturated heterocycles. The summed E-state index contributed by atoms with van der Waals surface area (Å²) in [6, 6.07) is 8.64. The van der Waals surface area contributed by atoms with Gasteiger partial charge in [0.1, 0.15) is 0 Å². The number of carbonyl (C=O) groups excluding carboxylic acids is 1. The number of hydrogen-bond acceptors (Lipinski definition) is 5. The topological polar surface area (TPSA) is 68.9 Å². The number of amides is 1. The zero-order chi connectivity index (χ0) is 26.7. The summed E-state index contributed by atoms with van der Waals surface area (Å²) in [6.07, 6.45) is 7.24. The number of H-pyrrole nitrogens is 1. The minimum absolute atomic E-state index is 0.0696. The van der Waals surface area contributed by atoms with Crippen LogP contribution in [0.1, 0.15) is 69.9 Å². The Morgan fingerprint density at radius 2 is 1.79 bits per heavy atom. The lowest BCUT2D eigenvalue weighted by molar-refractivity contribution is -0.142. The fourth-order valence-corrected chi connectivity index (χ4v) is 6.91. The number of aromatic amines is 1. The number of pyridine rings is 1. The first kappa shape index (κ1) is 27.4. The van der Waals surface area contributed by atoms with E-state index in [0.29, 0.717) is 24.7 Å². The standard InChI is InChI=1S/C31H46N4O3/c1-23(2)33-13-15-35(16-14-33)31(11-17-38-18-12-31)22-34(30(37)25-7-5-4-6-8-25)21-27-20-26-19-24(3)9-10-28(26)32-29(27)36/h9-10,19-20,23,25H,4-8,11-18,21-22H2,1-3H3,(H,32,36). The molecular weight excluding hydrogens is 476 g/mol. The van der Waals surface area contributed by atoms with Crippen LogP contribution in [0.4, 0.5) is 0 Å². The lowest BCUT2D eigenvalue weighted by Gasteiger charge is -2.52. The fourth-order valence-electron chi connectivity index (χ4n) is 6.91. The van der Waals surface area contributed by atoms with E-state index in [9.17, 15) is 9.59 Å². The van der Waals surface area contributed by atoms with E-state index in [2.05, 4.69) is 46.5 Å². The largest absolute Gasteiger partial charge is 0.381 e. The maximum absolute atomic E-state index is 14.1. The highest BCUT2D eigenvalue weighted by Crippen LogP contribution is 2.33. The number of fused-ring (bicyclic) bond motifs is 1. The van der Waals surface area contributed by atoms with Gasteiger partial charge in [-0.2, -0.15) is 0 Å². The summed E-state index contributed by atoms with van der Waals surface area (Å²) in [5.41, 5.74) is 2.49. The Kier molecular flexibility index (Phi) is 8.56. The fraction of sp³-hybridized carbons (Fsp3) is 0.677. The molecule has 38 heavy (non-hydrogen) atoms. The molecule has 208 valence electrons. The highest BCUT2D eigenvalue weighted by Gasteiger charge is 2.43. The van der Waals surface area contributed by atoms with Gasteiger partial charge in [-0.3, -0.25) is 19.4 Å². The molecule has 3 heterocycles. The Bertz CT molecular complexity index is 1160. The summed E-state index contributed by atoms with van der Waals surface area (Å²) in [7, 11) is 0. The van der Waals surface area contributed by atoms with E-state index >= 15 is 0 Å². The summed E-state index contributed by atoms with van der Waals surface area (Å²) in [5.74, 6) is 0.306. The molecular formula is C31H46N4O3. The molecule has 5 rings (SSSR count). The van der Waals surface area contributed by atoms with Gasteiger partial charge in [0.2, 0.25) is 5.91 Å². The van der Waals surface area contributed by atoms with Crippen molar-refractivity contribution in [2.75, 3.05) is 45.9 Å². The van der Waals surface area contributed by atoms with E-state index in [4.69, 9.17) is 4.74 Å². The molecule has 1 aromatic carbocycles. The van der Waals surface area contributed by atoms with Crippen LogP contribution in [0.5, 0.6) is 0 Å². The second kappa shape index (κ2) is 11.9. The first-order chi connectivity index (χ1) is 18.3. The van der Waals surface area contributed by atoms with Crippen molar-refractivity contribution >= 4 is 16.8 Å². The molecule has 7 heteroatoms. The van der Waals surface area contributed by atoms with Crippen molar-refractivity contribution in [3.05, 3.63) is 45.7 Å². The Morgan fingerprint density at radius 3 is 2.47 bits per heavy atom. The van der Waals surface area contributed by atoms with Crippen molar-refractivity contribution in [2.24, 2.45) is 5.92 Å². The molecule has 1 saturated carbocycles. The zero-order valence-corrected chi connectivity index (χ0v) is 23.6. The van der Waals surface area contributed by atoms with E-state index in [-0.39, 0.29) is 22.9 Å². The molecule has 0 bridgehead atoms. The highest BCUT2D eigenvalue weighted by atomic mass is 16.5. The molecule has 1 N–H and O–H groups in total. The minimum Gasteiger partial charge on any atom is -0.381 e. The molecule has 1 aliphatic carbocycles. The number of hydrogen-bond donors (Lipinski definition) is 1. The maximum Gasteiger partial charge on any atom is 0.253 e. The molecule has 2 aliphatic heterocycles. The first-order valence-electron chi connectivity index (χ1n) is 14.8. The van der Waals surface area contributed by atoms with Gasteiger partial charge in [0.25, 0.3) is 5.56 Å². The van der Waals surface area contributed by atoms with Gasteiger partial charge in [-0.1, -0.05) is 30.9 Å². The van der Waals surface area contributed by atoms with E-state index in [1.54, 1.807) is 0 Å². The summed E-state index contributed by atoms with van der Waals surface area (Å²) in [6.45, 7) is 13.2. The average molecular weight is 523 g/mol. The van der Waals surface area contributed by atoms with Crippen LogP contribution in [0.3, 0.4) is 0 Å². The monoisotopic (exact) mass is 522 g/mol. The average Bonchev–Trinajstić information content (AvgIpc) is 2.94. The molecule has 0 radical (unpaired) electrons. The minimum atomic E-state index is -0.105. The number of aromatic nitrogens is 1. The molecule has 3 fully saturated rings. The van der Waals surface area contributed by atoms with Crippen LogP contribution in [0.25, 0.3) is 10.9 Å². The summed E-state index contributed by atoms with van der Waals surface area (Å²) in [5, 5.41) is 1.02. The van der Waals surface area contributed by atoms with Gasteiger partial charge < -0.3 is 14.6 Å². The molecule has 1 aromatic heterocycles. The Labute approximate surface area is 227 Å². The molecule has 3 aliphatic rings. The SMILES string of the molecule is Cc1ccc2[nH]c(=O)c(CN(CC3(N4CCN(C(C)C)CC4)CCOCC3)C(=O)C3CCCCC3)cc2c1. The number of piperazine rings is 1. The molecule has 1 amide bonds. The summed E-state index contributed by atoms with van der Waals surface area (Å²) >= 11 is 0. The van der Waals surface area contributed by atoms with Crippen LogP contribution in [0, 0.1) is 12.8 Å². The van der Waals surface area contributed by atoms with Crippen LogP contribution in [-0.2, 0) is 16.1 Å². The number of carbonyl (C=O) groups is 1. The maximum atomic E-state index is 14.1. The van der Waals surface area contributed by atoms with Crippen molar-refractivity contribution in [3.8, 4) is 0 Å². The summed E-state index contributed by atoms with van der Waals surface area (Å²) < 4.78 is 5.83. The van der Waals surface area contributed by atoms with Gasteiger partial charge in [0, 0.05) is 74.5 Å². The van der Waals surface area contributed by atoms with E-state index in [1.807, 2.05) is 18.2 Å². The number of rotatable bonds is 7. The molecule has 0 spiro atoms. The lowest BCUT2D eigenvalue weighted by atomic mass is 9.84. The third-order valence-electron chi connectivity index (χ3n) is 9.33. The van der Waals surface area contributed by atoms with Crippen LogP contribution >= 0.6 is 0 Å². The second-order valence-electron chi connectivity index (χ2n) is 12.2. The predicted molar refractivity (Wildman–Crippen MR) is 152 cm³/mol. The molecule has 7 nitrogen and oxygen atoms in total. The van der Waals surface area contributed by atoms with Crippen molar-refractivity contribution in [1.29, 1.82) is 0 Å². The zero-order valence-electron chi connectivity index (χ0n) is 23.6. The lowest BCUT2D eigenvalue weighted by Crippen LogP contribution is -2.64. The molecule has 0 unspecified atom stereocenters. The number of ether oxygens (including phenoxy) is 1. The van der Waals surface area contributed by atoms with Crippen LogP contribution in [0.15, 0.2) is 29.1 Å².